The highest BCUT2D eigenvalue weighted by atomic mass is 32.1. The first-order valence-electron chi connectivity index (χ1n) is 5.71. The van der Waals surface area contributed by atoms with Gasteiger partial charge in [-0.1, -0.05) is 6.07 Å². The lowest BCUT2D eigenvalue weighted by atomic mass is 10.1. The zero-order chi connectivity index (χ0) is 10.7. The van der Waals surface area contributed by atoms with Gasteiger partial charge in [0.15, 0.2) is 0 Å². The second kappa shape index (κ2) is 5.10. The molecule has 2 rings (SSSR count). The summed E-state index contributed by atoms with van der Waals surface area (Å²) in [5, 5.41) is 5.78. The summed E-state index contributed by atoms with van der Waals surface area (Å²) in [6, 6.07) is 4.85. The zero-order valence-corrected chi connectivity index (χ0v) is 10.4. The van der Waals surface area contributed by atoms with Crippen molar-refractivity contribution >= 4 is 11.3 Å². The standard InChI is InChI=1S/C12H20N2S/c1-10(12-4-3-7-15-12)13-8-11-5-6-14(2)9-11/h3-4,7,10-11,13H,5-6,8-9H2,1-2H3. The zero-order valence-electron chi connectivity index (χ0n) is 9.57. The van der Waals surface area contributed by atoms with Gasteiger partial charge in [-0.3, -0.25) is 0 Å². The summed E-state index contributed by atoms with van der Waals surface area (Å²) < 4.78 is 0. The van der Waals surface area contributed by atoms with Crippen LogP contribution in [-0.2, 0) is 0 Å². The lowest BCUT2D eigenvalue weighted by Gasteiger charge is -2.16. The summed E-state index contributed by atoms with van der Waals surface area (Å²) in [7, 11) is 2.21. The van der Waals surface area contributed by atoms with E-state index in [9.17, 15) is 0 Å². The maximum atomic E-state index is 3.63. The van der Waals surface area contributed by atoms with Crippen LogP contribution >= 0.6 is 11.3 Å². The van der Waals surface area contributed by atoms with Crippen molar-refractivity contribution in [3.05, 3.63) is 22.4 Å². The number of likely N-dealkylation sites (tertiary alicyclic amines) is 1. The second-order valence-electron chi connectivity index (χ2n) is 4.56. The van der Waals surface area contributed by atoms with E-state index in [0.29, 0.717) is 6.04 Å². The third-order valence-corrected chi connectivity index (χ3v) is 4.23. The summed E-state index contributed by atoms with van der Waals surface area (Å²) in [6.07, 6.45) is 1.35. The van der Waals surface area contributed by atoms with Crippen molar-refractivity contribution in [3.63, 3.8) is 0 Å². The van der Waals surface area contributed by atoms with Gasteiger partial charge in [-0.2, -0.15) is 0 Å². The molecule has 2 heterocycles. The summed E-state index contributed by atoms with van der Waals surface area (Å²) in [5.41, 5.74) is 0. The van der Waals surface area contributed by atoms with Gasteiger partial charge in [-0.15, -0.1) is 11.3 Å². The molecule has 1 aromatic heterocycles. The van der Waals surface area contributed by atoms with Gasteiger partial charge < -0.3 is 10.2 Å². The van der Waals surface area contributed by atoms with Crippen molar-refractivity contribution in [1.82, 2.24) is 10.2 Å². The minimum Gasteiger partial charge on any atom is -0.309 e. The van der Waals surface area contributed by atoms with Crippen LogP contribution in [0.5, 0.6) is 0 Å². The Hall–Kier alpha value is -0.380. The molecule has 1 N–H and O–H groups in total. The lowest BCUT2D eigenvalue weighted by Crippen LogP contribution is -2.27. The van der Waals surface area contributed by atoms with Crippen molar-refractivity contribution in [1.29, 1.82) is 0 Å². The molecule has 84 valence electrons. The van der Waals surface area contributed by atoms with Gasteiger partial charge in [-0.25, -0.2) is 0 Å². The Balaban J connectivity index is 1.74. The molecule has 0 aromatic carbocycles. The fraction of sp³-hybridized carbons (Fsp3) is 0.667. The van der Waals surface area contributed by atoms with Crippen LogP contribution in [0, 0.1) is 5.92 Å². The molecule has 1 aliphatic rings. The summed E-state index contributed by atoms with van der Waals surface area (Å²) in [6.45, 7) is 5.93. The first kappa shape index (κ1) is 11.1. The van der Waals surface area contributed by atoms with Gasteiger partial charge in [0.05, 0.1) is 0 Å². The van der Waals surface area contributed by atoms with E-state index in [-0.39, 0.29) is 0 Å². The van der Waals surface area contributed by atoms with Gasteiger partial charge in [0.2, 0.25) is 0 Å². The fourth-order valence-corrected chi connectivity index (χ4v) is 2.93. The van der Waals surface area contributed by atoms with Gasteiger partial charge >= 0.3 is 0 Å². The van der Waals surface area contributed by atoms with Gasteiger partial charge in [0, 0.05) is 17.5 Å². The molecule has 2 unspecified atom stereocenters. The molecular weight excluding hydrogens is 204 g/mol. The van der Waals surface area contributed by atoms with E-state index in [1.165, 1.54) is 24.4 Å². The van der Waals surface area contributed by atoms with Crippen LogP contribution in [0.4, 0.5) is 0 Å². The van der Waals surface area contributed by atoms with E-state index < -0.39 is 0 Å². The van der Waals surface area contributed by atoms with E-state index in [0.717, 1.165) is 12.5 Å². The third-order valence-electron chi connectivity index (χ3n) is 3.17. The number of nitrogens with one attached hydrogen (secondary N) is 1. The van der Waals surface area contributed by atoms with Crippen molar-refractivity contribution in [2.24, 2.45) is 5.92 Å². The highest BCUT2D eigenvalue weighted by Crippen LogP contribution is 2.19. The van der Waals surface area contributed by atoms with E-state index >= 15 is 0 Å². The molecule has 0 radical (unpaired) electrons. The number of thiophene rings is 1. The van der Waals surface area contributed by atoms with Crippen molar-refractivity contribution in [2.75, 3.05) is 26.7 Å². The van der Waals surface area contributed by atoms with Crippen molar-refractivity contribution in [3.8, 4) is 0 Å². The van der Waals surface area contributed by atoms with E-state index in [2.05, 4.69) is 41.7 Å². The normalized spacial score (nSPS) is 24.5. The maximum Gasteiger partial charge on any atom is 0.0386 e. The monoisotopic (exact) mass is 224 g/mol. The Kier molecular flexibility index (Phi) is 3.78. The van der Waals surface area contributed by atoms with Crippen LogP contribution in [-0.4, -0.2) is 31.6 Å². The molecule has 0 aliphatic carbocycles. The molecule has 2 nitrogen and oxygen atoms in total. The summed E-state index contributed by atoms with van der Waals surface area (Å²) in [4.78, 5) is 3.86. The average Bonchev–Trinajstić information content (AvgIpc) is 2.84. The molecule has 0 amide bonds. The Bertz CT molecular complexity index is 284. The average molecular weight is 224 g/mol. The van der Waals surface area contributed by atoms with Crippen LogP contribution in [0.15, 0.2) is 17.5 Å². The largest absolute Gasteiger partial charge is 0.309 e. The maximum absolute atomic E-state index is 3.63. The van der Waals surface area contributed by atoms with E-state index in [1.807, 2.05) is 11.3 Å². The molecule has 0 spiro atoms. The van der Waals surface area contributed by atoms with E-state index in [1.54, 1.807) is 0 Å². The summed E-state index contributed by atoms with van der Waals surface area (Å²) >= 11 is 1.84. The SMILES string of the molecule is CC(NCC1CCN(C)C1)c1cccs1. The van der Waals surface area contributed by atoms with E-state index in [4.69, 9.17) is 0 Å². The van der Waals surface area contributed by atoms with Crippen LogP contribution in [0.3, 0.4) is 0 Å². The number of hydrogen-bond donors (Lipinski definition) is 1. The number of hydrogen-bond acceptors (Lipinski definition) is 3. The molecule has 1 saturated heterocycles. The minimum absolute atomic E-state index is 0.510. The quantitative estimate of drug-likeness (QED) is 0.844. The van der Waals surface area contributed by atoms with Crippen LogP contribution in [0.1, 0.15) is 24.3 Å². The Labute approximate surface area is 96.3 Å². The van der Waals surface area contributed by atoms with Crippen LogP contribution in [0.25, 0.3) is 0 Å². The van der Waals surface area contributed by atoms with Crippen molar-refractivity contribution in [2.45, 2.75) is 19.4 Å². The molecule has 1 aromatic rings. The van der Waals surface area contributed by atoms with Gasteiger partial charge in [-0.05, 0) is 50.8 Å². The van der Waals surface area contributed by atoms with Gasteiger partial charge in [0.1, 0.15) is 0 Å². The Morgan fingerprint density at radius 2 is 2.53 bits per heavy atom. The highest BCUT2D eigenvalue weighted by Gasteiger charge is 2.19. The van der Waals surface area contributed by atoms with Gasteiger partial charge in [0.25, 0.3) is 0 Å². The molecule has 2 atom stereocenters. The Morgan fingerprint density at radius 1 is 1.67 bits per heavy atom. The smallest absolute Gasteiger partial charge is 0.0386 e. The lowest BCUT2D eigenvalue weighted by molar-refractivity contribution is 0.382. The highest BCUT2D eigenvalue weighted by molar-refractivity contribution is 7.10. The third kappa shape index (κ3) is 3.03. The topological polar surface area (TPSA) is 15.3 Å². The molecule has 0 saturated carbocycles. The number of rotatable bonds is 4. The van der Waals surface area contributed by atoms with Crippen LogP contribution < -0.4 is 5.32 Å². The predicted octanol–water partition coefficient (Wildman–Crippen LogP) is 2.35. The molecule has 0 bridgehead atoms. The molecule has 3 heteroatoms. The van der Waals surface area contributed by atoms with Crippen molar-refractivity contribution < 1.29 is 0 Å². The Morgan fingerprint density at radius 3 is 3.13 bits per heavy atom. The number of nitrogens with zero attached hydrogens (tertiary/aromatic N) is 1. The molecular formula is C12H20N2S. The fourth-order valence-electron chi connectivity index (χ4n) is 2.17. The summed E-state index contributed by atoms with van der Waals surface area (Å²) in [5.74, 6) is 0.845. The molecule has 1 aliphatic heterocycles. The molecule has 1 fully saturated rings. The predicted molar refractivity (Wildman–Crippen MR) is 66.3 cm³/mol. The van der Waals surface area contributed by atoms with Crippen LogP contribution in [0.2, 0.25) is 0 Å². The molecule has 15 heavy (non-hydrogen) atoms. The first-order chi connectivity index (χ1) is 7.25. The minimum atomic E-state index is 0.510. The second-order valence-corrected chi connectivity index (χ2v) is 5.54. The first-order valence-corrected chi connectivity index (χ1v) is 6.59.